The predicted octanol–water partition coefficient (Wildman–Crippen LogP) is 7.22. The predicted molar refractivity (Wildman–Crippen MR) is 151 cm³/mol. The fourth-order valence-corrected chi connectivity index (χ4v) is 6.08. The van der Waals surface area contributed by atoms with E-state index in [0.717, 1.165) is 38.6 Å². The van der Waals surface area contributed by atoms with Gasteiger partial charge in [0.2, 0.25) is 0 Å². The molecule has 9 heteroatoms. The third-order valence-corrected chi connectivity index (χ3v) is 8.30. The molecule has 0 unspecified atom stereocenters. The van der Waals surface area contributed by atoms with E-state index in [-0.39, 0.29) is 43.0 Å². The molecule has 2 N–H and O–H groups in total. The quantitative estimate of drug-likeness (QED) is 0.0965. The molecule has 0 spiro atoms. The van der Waals surface area contributed by atoms with Crippen molar-refractivity contribution in [3.63, 3.8) is 0 Å². The first kappa shape index (κ1) is 27.3. The number of aliphatic hydroxyl groups excluding tert-OH is 1. The maximum Gasteiger partial charge on any atom is 0.303 e. The van der Waals surface area contributed by atoms with E-state index in [9.17, 15) is 19.5 Å². The van der Waals surface area contributed by atoms with Crippen LogP contribution in [0.3, 0.4) is 0 Å². The van der Waals surface area contributed by atoms with E-state index in [4.69, 9.17) is 14.6 Å². The number of thiophene rings is 2. The number of carboxylic acids is 1. The van der Waals surface area contributed by atoms with Crippen LogP contribution < -0.4 is 9.47 Å². The number of fused-ring (bicyclic) bond motifs is 2. The van der Waals surface area contributed by atoms with Gasteiger partial charge in [-0.15, -0.1) is 22.7 Å². The molecule has 0 fully saturated rings. The Kier molecular flexibility index (Phi) is 8.81. The van der Waals surface area contributed by atoms with Crippen molar-refractivity contribution >= 4 is 60.4 Å². The summed E-state index contributed by atoms with van der Waals surface area (Å²) in [5, 5.41) is 19.9. The molecule has 4 rings (SSSR count). The second-order valence-corrected chi connectivity index (χ2v) is 11.1. The van der Waals surface area contributed by atoms with Crippen molar-refractivity contribution < 1.29 is 34.1 Å². The first-order valence-corrected chi connectivity index (χ1v) is 13.8. The number of aryl methyl sites for hydroxylation is 1. The fourth-order valence-electron chi connectivity index (χ4n) is 4.03. The van der Waals surface area contributed by atoms with Crippen LogP contribution in [0.25, 0.3) is 20.2 Å². The molecule has 2 aromatic heterocycles. The normalized spacial score (nSPS) is 11.1. The van der Waals surface area contributed by atoms with Gasteiger partial charge in [-0.05, 0) is 53.4 Å². The van der Waals surface area contributed by atoms with Gasteiger partial charge in [0.05, 0.1) is 35.7 Å². The van der Waals surface area contributed by atoms with Crippen LogP contribution in [0.15, 0.2) is 54.8 Å². The zero-order valence-electron chi connectivity index (χ0n) is 21.0. The number of methoxy groups -OCH3 is 1. The second kappa shape index (κ2) is 12.2. The number of hydrogen-bond acceptors (Lipinski definition) is 8. The molecule has 0 aliphatic rings. The van der Waals surface area contributed by atoms with Gasteiger partial charge >= 0.3 is 5.97 Å². The Morgan fingerprint density at radius 1 is 0.816 bits per heavy atom. The Labute approximate surface area is 227 Å². The number of Topliss-reactive ketones (excluding diaryl/α,β-unsaturated/α-hetero) is 2. The average Bonchev–Trinajstić information content (AvgIpc) is 3.51. The Morgan fingerprint density at radius 3 is 2.13 bits per heavy atom. The molecule has 0 amide bonds. The van der Waals surface area contributed by atoms with Crippen LogP contribution in [0.2, 0.25) is 0 Å². The molecule has 0 radical (unpaired) electrons. The van der Waals surface area contributed by atoms with Gasteiger partial charge in [0.25, 0.3) is 0 Å². The van der Waals surface area contributed by atoms with E-state index in [0.29, 0.717) is 27.9 Å². The molecular formula is C29H28O7S2. The van der Waals surface area contributed by atoms with Gasteiger partial charge in [-0.2, -0.15) is 0 Å². The fraction of sp³-hybridized carbons (Fsp3) is 0.276. The Bertz CT molecular complexity index is 1510. The number of ketones is 2. The van der Waals surface area contributed by atoms with E-state index in [1.807, 2.05) is 36.4 Å². The molecule has 38 heavy (non-hydrogen) atoms. The van der Waals surface area contributed by atoms with Crippen LogP contribution >= 0.6 is 22.7 Å². The number of aliphatic carboxylic acids is 1. The molecular weight excluding hydrogens is 524 g/mol. The first-order chi connectivity index (χ1) is 18.2. The molecule has 198 valence electrons. The number of aliphatic hydroxyl groups is 1. The van der Waals surface area contributed by atoms with E-state index in [1.54, 1.807) is 7.11 Å². The van der Waals surface area contributed by atoms with Gasteiger partial charge in [0.15, 0.2) is 23.1 Å². The van der Waals surface area contributed by atoms with Gasteiger partial charge in [0.1, 0.15) is 0 Å². The molecule has 0 bridgehead atoms. The summed E-state index contributed by atoms with van der Waals surface area (Å²) in [6.45, 7) is 3.90. The number of ether oxygens (including phenoxy) is 2. The monoisotopic (exact) mass is 552 g/mol. The van der Waals surface area contributed by atoms with Crippen LogP contribution in [-0.4, -0.2) is 41.5 Å². The van der Waals surface area contributed by atoms with E-state index < -0.39 is 5.97 Å². The summed E-state index contributed by atoms with van der Waals surface area (Å²) < 4.78 is 13.5. The second-order valence-electron chi connectivity index (χ2n) is 8.89. The van der Waals surface area contributed by atoms with E-state index >= 15 is 0 Å². The van der Waals surface area contributed by atoms with E-state index in [2.05, 4.69) is 12.6 Å². The standard InChI is InChI=1S/C29H28O7S2/c1-17(30)5-7-21(31)28-15-20-13-24(23(35-2)16-26(20)38-28)36-11-3-4-18-6-9-25-19(12-18)14-27(37-25)22(32)8-10-29(33)34/h6,9,12-16,30H,1,3-5,7-8,10-11H2,2H3,(H,33,34). The lowest BCUT2D eigenvalue weighted by molar-refractivity contribution is -0.136. The van der Waals surface area contributed by atoms with Crippen LogP contribution in [-0.2, 0) is 11.2 Å². The third kappa shape index (κ3) is 6.79. The number of benzene rings is 2. The number of carbonyl (C=O) groups is 3. The lowest BCUT2D eigenvalue weighted by Crippen LogP contribution is -2.01. The van der Waals surface area contributed by atoms with Crippen LogP contribution in [0, 0.1) is 0 Å². The van der Waals surface area contributed by atoms with Crippen molar-refractivity contribution in [2.75, 3.05) is 13.7 Å². The van der Waals surface area contributed by atoms with E-state index in [1.165, 1.54) is 22.7 Å². The number of allylic oxidation sites excluding steroid dienone is 1. The highest BCUT2D eigenvalue weighted by atomic mass is 32.1. The Balaban J connectivity index is 1.36. The third-order valence-electron chi connectivity index (χ3n) is 6.01. The number of carboxylic acid groups (broad SMARTS) is 1. The molecule has 0 aliphatic carbocycles. The lowest BCUT2D eigenvalue weighted by atomic mass is 10.1. The number of rotatable bonds is 14. The minimum absolute atomic E-state index is 0.0000992. The van der Waals surface area contributed by atoms with Gasteiger partial charge in [-0.1, -0.05) is 18.7 Å². The topological polar surface area (TPSA) is 110 Å². The number of hydrogen-bond donors (Lipinski definition) is 2. The molecule has 0 saturated carbocycles. The Morgan fingerprint density at radius 2 is 1.47 bits per heavy atom. The smallest absolute Gasteiger partial charge is 0.303 e. The molecule has 7 nitrogen and oxygen atoms in total. The highest BCUT2D eigenvalue weighted by molar-refractivity contribution is 7.21. The van der Waals surface area contributed by atoms with Crippen LogP contribution in [0.5, 0.6) is 11.5 Å². The van der Waals surface area contributed by atoms with Crippen molar-refractivity contribution in [1.29, 1.82) is 0 Å². The first-order valence-electron chi connectivity index (χ1n) is 12.2. The summed E-state index contributed by atoms with van der Waals surface area (Å²) in [5.41, 5.74) is 1.12. The summed E-state index contributed by atoms with van der Waals surface area (Å²) in [4.78, 5) is 36.6. The SMILES string of the molecule is C=C(O)CCC(=O)c1cc2cc(OCCCc3ccc4sc(C(=O)CCC(=O)O)cc4c3)c(OC)cc2s1. The Hall–Kier alpha value is -3.69. The molecule has 2 heterocycles. The summed E-state index contributed by atoms with van der Waals surface area (Å²) in [6, 6.07) is 13.5. The highest BCUT2D eigenvalue weighted by Crippen LogP contribution is 2.37. The minimum atomic E-state index is -0.974. The summed E-state index contributed by atoms with van der Waals surface area (Å²) in [6.07, 6.45) is 1.84. The molecule has 0 atom stereocenters. The molecule has 4 aromatic rings. The molecule has 2 aromatic carbocycles. The largest absolute Gasteiger partial charge is 0.513 e. The number of carbonyl (C=O) groups excluding carboxylic acids is 2. The molecule has 0 aliphatic heterocycles. The van der Waals surface area contributed by atoms with Crippen LogP contribution in [0.4, 0.5) is 0 Å². The average molecular weight is 553 g/mol. The van der Waals surface area contributed by atoms with Crippen molar-refractivity contribution in [2.45, 2.75) is 38.5 Å². The van der Waals surface area contributed by atoms with Crippen molar-refractivity contribution in [3.05, 3.63) is 70.1 Å². The van der Waals surface area contributed by atoms with Crippen molar-refractivity contribution in [3.8, 4) is 11.5 Å². The summed E-state index contributed by atoms with van der Waals surface area (Å²) >= 11 is 2.77. The maximum absolute atomic E-state index is 12.4. The zero-order valence-corrected chi connectivity index (χ0v) is 22.6. The lowest BCUT2D eigenvalue weighted by Gasteiger charge is -2.11. The van der Waals surface area contributed by atoms with Crippen LogP contribution in [0.1, 0.15) is 57.0 Å². The van der Waals surface area contributed by atoms with Gasteiger partial charge in [0, 0.05) is 34.7 Å². The molecule has 0 saturated heterocycles. The zero-order chi connectivity index (χ0) is 27.2. The maximum atomic E-state index is 12.4. The highest BCUT2D eigenvalue weighted by Gasteiger charge is 2.15. The van der Waals surface area contributed by atoms with Gasteiger partial charge < -0.3 is 19.7 Å². The van der Waals surface area contributed by atoms with Gasteiger partial charge in [-0.25, -0.2) is 0 Å². The summed E-state index contributed by atoms with van der Waals surface area (Å²) in [7, 11) is 1.58. The minimum Gasteiger partial charge on any atom is -0.513 e. The van der Waals surface area contributed by atoms with Crippen molar-refractivity contribution in [1.82, 2.24) is 0 Å². The van der Waals surface area contributed by atoms with Gasteiger partial charge in [-0.3, -0.25) is 14.4 Å². The summed E-state index contributed by atoms with van der Waals surface area (Å²) in [5.74, 6) is 0.0488. The van der Waals surface area contributed by atoms with Crippen molar-refractivity contribution in [2.24, 2.45) is 0 Å².